The lowest BCUT2D eigenvalue weighted by molar-refractivity contribution is -0.148. The summed E-state index contributed by atoms with van der Waals surface area (Å²) in [4.78, 5) is 14.8. The van der Waals surface area contributed by atoms with E-state index in [-0.39, 0.29) is 12.1 Å². The van der Waals surface area contributed by atoms with Gasteiger partial charge in [-0.15, -0.1) is 0 Å². The Balaban J connectivity index is 2.85. The van der Waals surface area contributed by atoms with Gasteiger partial charge in [-0.3, -0.25) is 0 Å². The molecule has 0 atom stereocenters. The molecule has 1 aliphatic rings. The first-order valence-corrected chi connectivity index (χ1v) is 4.91. The number of hydrogen-bond acceptors (Lipinski definition) is 3. The van der Waals surface area contributed by atoms with Gasteiger partial charge in [-0.25, -0.2) is 4.79 Å². The Hall–Kier alpha value is -1.19. The topological polar surface area (TPSA) is 43.8 Å². The van der Waals surface area contributed by atoms with Crippen LogP contribution in [-0.2, 0) is 4.79 Å². The van der Waals surface area contributed by atoms with Crippen LogP contribution < -0.4 is 0 Å². The predicted octanol–water partition coefficient (Wildman–Crippen LogP) is 1.30. The van der Waals surface area contributed by atoms with E-state index in [9.17, 15) is 4.79 Å². The van der Waals surface area contributed by atoms with Crippen LogP contribution in [0, 0.1) is 0 Å². The quantitative estimate of drug-likeness (QED) is 0.742. The minimum Gasteiger partial charge on any atom is -0.478 e. The Bertz CT molecular complexity index is 231. The van der Waals surface area contributed by atoms with Crippen molar-refractivity contribution in [1.29, 1.82) is 0 Å². The first-order valence-electron chi connectivity index (χ1n) is 4.91. The summed E-state index contributed by atoms with van der Waals surface area (Å²) in [7, 11) is 0. The lowest BCUT2D eigenvalue weighted by atomic mass is 10.2. The normalized spacial score (nSPS) is 17.6. The maximum absolute atomic E-state index is 11.1. The second-order valence-electron chi connectivity index (χ2n) is 4.09. The van der Waals surface area contributed by atoms with Gasteiger partial charge in [0.25, 0.3) is 0 Å². The van der Waals surface area contributed by atoms with Gasteiger partial charge in [0.1, 0.15) is 0 Å². The van der Waals surface area contributed by atoms with E-state index in [4.69, 9.17) is 5.11 Å². The van der Waals surface area contributed by atoms with Crippen molar-refractivity contribution in [2.75, 3.05) is 0 Å². The maximum atomic E-state index is 11.1. The third-order valence-corrected chi connectivity index (χ3v) is 2.39. The van der Waals surface area contributed by atoms with Crippen molar-refractivity contribution in [2.45, 2.75) is 45.9 Å². The first kappa shape index (κ1) is 10.9. The van der Waals surface area contributed by atoms with Gasteiger partial charge >= 0.3 is 5.97 Å². The Kier molecular flexibility index (Phi) is 3.03. The number of carbonyl (C=O) groups is 1. The van der Waals surface area contributed by atoms with Gasteiger partial charge in [0.05, 0.1) is 0 Å². The summed E-state index contributed by atoms with van der Waals surface area (Å²) in [6.45, 7) is 7.96. The fraction of sp³-hybridized carbons (Fsp3) is 0.700. The number of aliphatic carboxylic acids is 1. The van der Waals surface area contributed by atoms with Crippen molar-refractivity contribution in [2.24, 2.45) is 0 Å². The van der Waals surface area contributed by atoms with Crippen LogP contribution in [0.2, 0.25) is 0 Å². The Labute approximate surface area is 84.8 Å². The molecular weight excluding hydrogens is 180 g/mol. The monoisotopic (exact) mass is 198 g/mol. The molecule has 0 aliphatic carbocycles. The van der Waals surface area contributed by atoms with Crippen LogP contribution in [0.1, 0.15) is 27.7 Å². The van der Waals surface area contributed by atoms with Gasteiger partial charge in [-0.2, -0.15) is 0 Å². The number of carboxylic acids is 1. The van der Waals surface area contributed by atoms with Crippen LogP contribution in [0.5, 0.6) is 0 Å². The second kappa shape index (κ2) is 3.90. The molecule has 4 nitrogen and oxygen atoms in total. The van der Waals surface area contributed by atoms with Gasteiger partial charge in [-0.1, -0.05) is 0 Å². The van der Waals surface area contributed by atoms with Gasteiger partial charge in [-0.05, 0) is 27.7 Å². The summed E-state index contributed by atoms with van der Waals surface area (Å²) < 4.78 is 0. The van der Waals surface area contributed by atoms with Crippen molar-refractivity contribution in [3.8, 4) is 0 Å². The fourth-order valence-corrected chi connectivity index (χ4v) is 1.64. The lowest BCUT2D eigenvalue weighted by Gasteiger charge is -2.33. The fourth-order valence-electron chi connectivity index (χ4n) is 1.64. The van der Waals surface area contributed by atoms with Crippen LogP contribution in [0.3, 0.4) is 0 Å². The SMILES string of the molecule is CC(C)N1C=CN(C(C)C)C1C(=O)O. The Morgan fingerprint density at radius 1 is 1.14 bits per heavy atom. The molecule has 14 heavy (non-hydrogen) atoms. The predicted molar refractivity (Wildman–Crippen MR) is 54.5 cm³/mol. The summed E-state index contributed by atoms with van der Waals surface area (Å²) in [5, 5.41) is 9.13. The smallest absolute Gasteiger partial charge is 0.347 e. The molecule has 0 saturated carbocycles. The molecule has 1 aliphatic heterocycles. The second-order valence-corrected chi connectivity index (χ2v) is 4.09. The standard InChI is InChI=1S/C10H18N2O2/c1-7(2)11-5-6-12(8(3)4)9(11)10(13)14/h5-9H,1-4H3,(H,13,14). The highest BCUT2D eigenvalue weighted by molar-refractivity contribution is 5.74. The van der Waals surface area contributed by atoms with Crippen LogP contribution >= 0.6 is 0 Å². The summed E-state index contributed by atoms with van der Waals surface area (Å²) in [5.74, 6) is -0.794. The molecule has 1 N–H and O–H groups in total. The molecule has 1 rings (SSSR count). The molecular formula is C10H18N2O2. The number of hydrogen-bond donors (Lipinski definition) is 1. The van der Waals surface area contributed by atoms with Crippen molar-refractivity contribution in [3.05, 3.63) is 12.4 Å². The third kappa shape index (κ3) is 1.84. The number of nitrogens with zero attached hydrogens (tertiary/aromatic N) is 2. The zero-order valence-corrected chi connectivity index (χ0v) is 9.14. The highest BCUT2D eigenvalue weighted by Crippen LogP contribution is 2.21. The van der Waals surface area contributed by atoms with E-state index in [0.717, 1.165) is 0 Å². The number of carboxylic acid groups (broad SMARTS) is 1. The molecule has 80 valence electrons. The van der Waals surface area contributed by atoms with E-state index in [2.05, 4.69) is 0 Å². The minimum atomic E-state index is -0.794. The minimum absolute atomic E-state index is 0.205. The molecule has 0 amide bonds. The lowest BCUT2D eigenvalue weighted by Crippen LogP contribution is -2.49. The molecule has 0 aromatic carbocycles. The molecule has 0 spiro atoms. The van der Waals surface area contributed by atoms with Crippen molar-refractivity contribution in [3.63, 3.8) is 0 Å². The molecule has 0 aromatic rings. The Morgan fingerprint density at radius 2 is 1.50 bits per heavy atom. The summed E-state index contributed by atoms with van der Waals surface area (Å²) in [5.41, 5.74) is 0. The van der Waals surface area contributed by atoms with Crippen LogP contribution in [0.25, 0.3) is 0 Å². The first-order chi connectivity index (χ1) is 6.45. The van der Waals surface area contributed by atoms with E-state index in [1.165, 1.54) is 0 Å². The molecule has 0 bridgehead atoms. The Morgan fingerprint density at radius 3 is 1.71 bits per heavy atom. The van der Waals surface area contributed by atoms with Crippen LogP contribution in [-0.4, -0.2) is 39.1 Å². The molecule has 0 saturated heterocycles. The van der Waals surface area contributed by atoms with E-state index in [1.54, 1.807) is 0 Å². The highest BCUT2D eigenvalue weighted by atomic mass is 16.4. The summed E-state index contributed by atoms with van der Waals surface area (Å²) in [6, 6.07) is 0.409. The van der Waals surface area contributed by atoms with E-state index in [0.29, 0.717) is 0 Å². The van der Waals surface area contributed by atoms with Crippen LogP contribution in [0.15, 0.2) is 12.4 Å². The molecule has 0 aromatic heterocycles. The summed E-state index contributed by atoms with van der Waals surface area (Å²) in [6.07, 6.45) is 3.15. The van der Waals surface area contributed by atoms with Crippen LogP contribution in [0.4, 0.5) is 0 Å². The molecule has 0 radical (unpaired) electrons. The van der Waals surface area contributed by atoms with Crippen molar-refractivity contribution in [1.82, 2.24) is 9.80 Å². The highest BCUT2D eigenvalue weighted by Gasteiger charge is 2.35. The van der Waals surface area contributed by atoms with Crippen molar-refractivity contribution < 1.29 is 9.90 Å². The van der Waals surface area contributed by atoms with Crippen molar-refractivity contribution >= 4 is 5.97 Å². The van der Waals surface area contributed by atoms with E-state index >= 15 is 0 Å². The molecule has 1 heterocycles. The van der Waals surface area contributed by atoms with Gasteiger partial charge in [0.15, 0.2) is 0 Å². The van der Waals surface area contributed by atoms with Gasteiger partial charge < -0.3 is 14.9 Å². The van der Waals surface area contributed by atoms with Gasteiger partial charge in [0, 0.05) is 24.5 Å². The van der Waals surface area contributed by atoms with E-state index < -0.39 is 12.1 Å². The number of rotatable bonds is 3. The van der Waals surface area contributed by atoms with E-state index in [1.807, 2.05) is 49.9 Å². The maximum Gasteiger partial charge on any atom is 0.347 e. The largest absolute Gasteiger partial charge is 0.478 e. The average Bonchev–Trinajstić information content (AvgIpc) is 2.46. The summed E-state index contributed by atoms with van der Waals surface area (Å²) >= 11 is 0. The third-order valence-electron chi connectivity index (χ3n) is 2.39. The zero-order chi connectivity index (χ0) is 10.9. The average molecular weight is 198 g/mol. The molecule has 0 unspecified atom stereocenters. The molecule has 0 fully saturated rings. The van der Waals surface area contributed by atoms with Gasteiger partial charge in [0.2, 0.25) is 6.17 Å². The zero-order valence-electron chi connectivity index (χ0n) is 9.14. The molecule has 4 heteroatoms.